The van der Waals surface area contributed by atoms with Gasteiger partial charge in [-0.05, 0) is 61.7 Å². The van der Waals surface area contributed by atoms with E-state index in [-0.39, 0.29) is 18.4 Å². The minimum absolute atomic E-state index is 0.0794. The van der Waals surface area contributed by atoms with Gasteiger partial charge in [-0.3, -0.25) is 4.79 Å². The smallest absolute Gasteiger partial charge is 0.229 e. The Morgan fingerprint density at radius 1 is 1.15 bits per heavy atom. The third-order valence-electron chi connectivity index (χ3n) is 5.92. The molecule has 2 heterocycles. The predicted octanol–water partition coefficient (Wildman–Crippen LogP) is 5.03. The molecule has 0 bridgehead atoms. The SMILES string of the molecule is CCOc1ccc(-c2nc(CC(=O)N(Cc3ccc(N(C)C)cc3)CC3CCCO3)cs2)cc1. The van der Waals surface area contributed by atoms with Crippen LogP contribution < -0.4 is 9.64 Å². The summed E-state index contributed by atoms with van der Waals surface area (Å²) < 4.78 is 11.4. The fourth-order valence-electron chi connectivity index (χ4n) is 4.06. The van der Waals surface area contributed by atoms with Crippen LogP contribution in [0, 0.1) is 0 Å². The van der Waals surface area contributed by atoms with Crippen molar-refractivity contribution >= 4 is 22.9 Å². The van der Waals surface area contributed by atoms with Crippen molar-refractivity contribution in [1.29, 1.82) is 0 Å². The number of hydrogen-bond donors (Lipinski definition) is 0. The molecule has 7 heteroatoms. The van der Waals surface area contributed by atoms with E-state index in [1.165, 1.54) is 0 Å². The van der Waals surface area contributed by atoms with Gasteiger partial charge in [0.15, 0.2) is 0 Å². The standard InChI is InChI=1S/C27H33N3O3S/c1-4-32-24-13-9-21(10-14-24)27-28-22(19-34-27)16-26(31)30(18-25-6-5-15-33-25)17-20-7-11-23(12-8-20)29(2)3/h7-14,19,25H,4-6,15-18H2,1-3H3. The second kappa shape index (κ2) is 11.5. The number of carbonyl (C=O) groups is 1. The molecule has 4 rings (SSSR count). The first-order valence-electron chi connectivity index (χ1n) is 11.8. The lowest BCUT2D eigenvalue weighted by molar-refractivity contribution is -0.132. The Morgan fingerprint density at radius 3 is 2.56 bits per heavy atom. The Bertz CT molecular complexity index is 1060. The minimum Gasteiger partial charge on any atom is -0.494 e. The van der Waals surface area contributed by atoms with E-state index >= 15 is 0 Å². The number of benzene rings is 2. The lowest BCUT2D eigenvalue weighted by Crippen LogP contribution is -2.37. The van der Waals surface area contributed by atoms with Crippen LogP contribution in [0.25, 0.3) is 10.6 Å². The van der Waals surface area contributed by atoms with Crippen LogP contribution in [0.2, 0.25) is 0 Å². The number of thiazole rings is 1. The number of nitrogens with zero attached hydrogens (tertiary/aromatic N) is 3. The quantitative estimate of drug-likeness (QED) is 0.408. The van der Waals surface area contributed by atoms with Crippen LogP contribution in [0.3, 0.4) is 0 Å². The summed E-state index contributed by atoms with van der Waals surface area (Å²) in [6, 6.07) is 16.3. The zero-order valence-corrected chi connectivity index (χ0v) is 21.0. The molecule has 1 unspecified atom stereocenters. The van der Waals surface area contributed by atoms with E-state index < -0.39 is 0 Å². The molecule has 1 fully saturated rings. The van der Waals surface area contributed by atoms with E-state index in [0.717, 1.165) is 52.7 Å². The monoisotopic (exact) mass is 479 g/mol. The molecule has 0 spiro atoms. The van der Waals surface area contributed by atoms with E-state index in [1.54, 1.807) is 11.3 Å². The predicted molar refractivity (Wildman–Crippen MR) is 138 cm³/mol. The second-order valence-electron chi connectivity index (χ2n) is 8.75. The molecule has 0 aliphatic carbocycles. The fraction of sp³-hybridized carbons (Fsp3) is 0.407. The molecule has 1 amide bonds. The van der Waals surface area contributed by atoms with Gasteiger partial charge < -0.3 is 19.3 Å². The highest BCUT2D eigenvalue weighted by atomic mass is 32.1. The Labute approximate surface area is 206 Å². The van der Waals surface area contributed by atoms with Crippen LogP contribution in [-0.2, 0) is 22.5 Å². The molecule has 0 saturated carbocycles. The van der Waals surface area contributed by atoms with Gasteiger partial charge in [0, 0.05) is 50.4 Å². The number of anilines is 1. The number of rotatable bonds is 10. The summed E-state index contributed by atoms with van der Waals surface area (Å²) in [6.45, 7) is 4.58. The first-order valence-corrected chi connectivity index (χ1v) is 12.7. The minimum atomic E-state index is 0.0794. The van der Waals surface area contributed by atoms with Crippen LogP contribution in [0.4, 0.5) is 5.69 Å². The highest BCUT2D eigenvalue weighted by Crippen LogP contribution is 2.26. The van der Waals surface area contributed by atoms with Crippen LogP contribution in [0.5, 0.6) is 5.75 Å². The Hall–Kier alpha value is -2.90. The molecule has 3 aromatic rings. The number of carbonyl (C=O) groups excluding carboxylic acids is 1. The third-order valence-corrected chi connectivity index (χ3v) is 6.86. The zero-order valence-electron chi connectivity index (χ0n) is 20.2. The maximum Gasteiger partial charge on any atom is 0.229 e. The normalized spacial score (nSPS) is 15.3. The van der Waals surface area contributed by atoms with E-state index in [1.807, 2.05) is 55.6 Å². The zero-order chi connectivity index (χ0) is 23.9. The van der Waals surface area contributed by atoms with Gasteiger partial charge in [-0.1, -0.05) is 12.1 Å². The molecule has 2 aromatic carbocycles. The Balaban J connectivity index is 1.44. The van der Waals surface area contributed by atoms with Crippen molar-refractivity contribution in [2.45, 2.75) is 38.8 Å². The van der Waals surface area contributed by atoms with Gasteiger partial charge >= 0.3 is 0 Å². The van der Waals surface area contributed by atoms with Crippen molar-refractivity contribution in [3.8, 4) is 16.3 Å². The van der Waals surface area contributed by atoms with Gasteiger partial charge in [-0.2, -0.15) is 0 Å². The van der Waals surface area contributed by atoms with Gasteiger partial charge in [-0.15, -0.1) is 11.3 Å². The summed E-state index contributed by atoms with van der Waals surface area (Å²) >= 11 is 1.56. The average molecular weight is 480 g/mol. The van der Waals surface area contributed by atoms with E-state index in [4.69, 9.17) is 14.5 Å². The van der Waals surface area contributed by atoms with Gasteiger partial charge in [0.2, 0.25) is 5.91 Å². The van der Waals surface area contributed by atoms with Crippen molar-refractivity contribution < 1.29 is 14.3 Å². The van der Waals surface area contributed by atoms with Crippen LogP contribution >= 0.6 is 11.3 Å². The van der Waals surface area contributed by atoms with Crippen molar-refractivity contribution in [1.82, 2.24) is 9.88 Å². The van der Waals surface area contributed by atoms with Gasteiger partial charge in [-0.25, -0.2) is 4.98 Å². The fourth-order valence-corrected chi connectivity index (χ4v) is 4.88. The first kappa shape index (κ1) is 24.2. The summed E-state index contributed by atoms with van der Waals surface area (Å²) in [7, 11) is 4.05. The lowest BCUT2D eigenvalue weighted by Gasteiger charge is -2.26. The second-order valence-corrected chi connectivity index (χ2v) is 9.61. The molecule has 0 radical (unpaired) electrons. The van der Waals surface area contributed by atoms with E-state index in [2.05, 4.69) is 29.2 Å². The molecule has 180 valence electrons. The van der Waals surface area contributed by atoms with Crippen LogP contribution in [0.1, 0.15) is 31.0 Å². The highest BCUT2D eigenvalue weighted by Gasteiger charge is 2.23. The maximum absolute atomic E-state index is 13.4. The topological polar surface area (TPSA) is 54.9 Å². The molecule has 34 heavy (non-hydrogen) atoms. The summed E-state index contributed by atoms with van der Waals surface area (Å²) in [6.07, 6.45) is 2.46. The number of amides is 1. The highest BCUT2D eigenvalue weighted by molar-refractivity contribution is 7.13. The van der Waals surface area contributed by atoms with Crippen molar-refractivity contribution in [2.75, 3.05) is 38.8 Å². The summed E-state index contributed by atoms with van der Waals surface area (Å²) in [5.41, 5.74) is 4.10. The largest absolute Gasteiger partial charge is 0.494 e. The van der Waals surface area contributed by atoms with Crippen LogP contribution in [0.15, 0.2) is 53.9 Å². The van der Waals surface area contributed by atoms with E-state index in [9.17, 15) is 4.79 Å². The molecule has 1 aliphatic heterocycles. The maximum atomic E-state index is 13.4. The van der Waals surface area contributed by atoms with Crippen LogP contribution in [-0.4, -0.2) is 55.7 Å². The van der Waals surface area contributed by atoms with Gasteiger partial charge in [0.05, 0.1) is 24.8 Å². The molecular formula is C27H33N3O3S. The molecule has 1 atom stereocenters. The lowest BCUT2D eigenvalue weighted by atomic mass is 10.1. The van der Waals surface area contributed by atoms with E-state index in [0.29, 0.717) is 19.7 Å². The van der Waals surface area contributed by atoms with Crippen molar-refractivity contribution in [2.24, 2.45) is 0 Å². The third kappa shape index (κ3) is 6.36. The van der Waals surface area contributed by atoms with Crippen molar-refractivity contribution in [3.05, 3.63) is 65.2 Å². The molecule has 0 N–H and O–H groups in total. The van der Waals surface area contributed by atoms with Gasteiger partial charge in [0.1, 0.15) is 10.8 Å². The first-order chi connectivity index (χ1) is 16.5. The molecular weight excluding hydrogens is 446 g/mol. The number of hydrogen-bond acceptors (Lipinski definition) is 6. The molecule has 6 nitrogen and oxygen atoms in total. The summed E-state index contributed by atoms with van der Waals surface area (Å²) in [4.78, 5) is 22.1. The Kier molecular flexibility index (Phi) is 8.19. The van der Waals surface area contributed by atoms with Gasteiger partial charge in [0.25, 0.3) is 0 Å². The molecule has 1 saturated heterocycles. The Morgan fingerprint density at radius 2 is 1.91 bits per heavy atom. The number of ether oxygens (including phenoxy) is 2. The van der Waals surface area contributed by atoms with Crippen molar-refractivity contribution in [3.63, 3.8) is 0 Å². The number of aromatic nitrogens is 1. The summed E-state index contributed by atoms with van der Waals surface area (Å²) in [5, 5.41) is 2.90. The molecule has 1 aromatic heterocycles. The summed E-state index contributed by atoms with van der Waals surface area (Å²) in [5.74, 6) is 0.928. The average Bonchev–Trinajstić information content (AvgIpc) is 3.52. The molecule has 1 aliphatic rings.